The van der Waals surface area contributed by atoms with E-state index in [1.807, 2.05) is 6.07 Å². The number of aliphatic hydroxyl groups excluding tert-OH is 1. The topological polar surface area (TPSA) is 36.0 Å². The number of halogens is 1. The van der Waals surface area contributed by atoms with Crippen molar-refractivity contribution in [3.05, 3.63) is 35.8 Å². The first-order chi connectivity index (χ1) is 7.70. The molecule has 1 unspecified atom stereocenters. The van der Waals surface area contributed by atoms with Crippen LogP contribution in [0.25, 0.3) is 10.9 Å². The lowest BCUT2D eigenvalue weighted by molar-refractivity contribution is 0.160. The molecule has 0 amide bonds. The molecule has 0 saturated heterocycles. The molecule has 2 N–H and O–H groups in total. The number of H-pyrrole nitrogens is 1. The fourth-order valence-corrected chi connectivity index (χ4v) is 1.86. The van der Waals surface area contributed by atoms with Crippen LogP contribution in [0.2, 0.25) is 0 Å². The largest absolute Gasteiger partial charge is 0.387 e. The van der Waals surface area contributed by atoms with Crippen molar-refractivity contribution < 1.29 is 9.50 Å². The van der Waals surface area contributed by atoms with E-state index in [1.54, 1.807) is 6.07 Å². The number of rotatable bonds is 4. The lowest BCUT2D eigenvalue weighted by Crippen LogP contribution is -1.96. The molecule has 2 rings (SSSR count). The van der Waals surface area contributed by atoms with E-state index < -0.39 is 6.10 Å². The van der Waals surface area contributed by atoms with Gasteiger partial charge in [-0.1, -0.05) is 19.8 Å². The summed E-state index contributed by atoms with van der Waals surface area (Å²) in [5, 5.41) is 10.7. The van der Waals surface area contributed by atoms with E-state index >= 15 is 0 Å². The number of aliphatic hydroxyl groups is 1. The Morgan fingerprint density at radius 1 is 1.38 bits per heavy atom. The average Bonchev–Trinajstić information content (AvgIpc) is 2.68. The summed E-state index contributed by atoms with van der Waals surface area (Å²) in [7, 11) is 0. The van der Waals surface area contributed by atoms with Crippen molar-refractivity contribution in [3.8, 4) is 0 Å². The predicted molar refractivity (Wildman–Crippen MR) is 62.7 cm³/mol. The average molecular weight is 221 g/mol. The van der Waals surface area contributed by atoms with Crippen molar-refractivity contribution in [2.75, 3.05) is 0 Å². The summed E-state index contributed by atoms with van der Waals surface area (Å²) < 4.78 is 13.0. The van der Waals surface area contributed by atoms with Gasteiger partial charge in [-0.25, -0.2) is 4.39 Å². The van der Waals surface area contributed by atoms with Crippen LogP contribution >= 0.6 is 0 Å². The van der Waals surface area contributed by atoms with Gasteiger partial charge in [0.05, 0.1) is 6.10 Å². The van der Waals surface area contributed by atoms with Gasteiger partial charge in [0.2, 0.25) is 0 Å². The van der Waals surface area contributed by atoms with Crippen molar-refractivity contribution in [3.63, 3.8) is 0 Å². The number of benzene rings is 1. The summed E-state index contributed by atoms with van der Waals surface area (Å²) in [4.78, 5) is 3.11. The van der Waals surface area contributed by atoms with E-state index in [-0.39, 0.29) is 5.82 Å². The van der Waals surface area contributed by atoms with Gasteiger partial charge in [-0.15, -0.1) is 0 Å². The number of hydrogen-bond acceptors (Lipinski definition) is 1. The Bertz CT molecular complexity index is 478. The Kier molecular flexibility index (Phi) is 3.25. The highest BCUT2D eigenvalue weighted by Crippen LogP contribution is 2.23. The van der Waals surface area contributed by atoms with E-state index in [4.69, 9.17) is 0 Å². The molecule has 86 valence electrons. The zero-order valence-corrected chi connectivity index (χ0v) is 9.33. The highest BCUT2D eigenvalue weighted by molar-refractivity contribution is 5.80. The highest BCUT2D eigenvalue weighted by Gasteiger charge is 2.10. The smallest absolute Gasteiger partial charge is 0.123 e. The van der Waals surface area contributed by atoms with E-state index in [2.05, 4.69) is 11.9 Å². The van der Waals surface area contributed by atoms with Crippen LogP contribution in [0.15, 0.2) is 24.3 Å². The molecule has 0 fully saturated rings. The minimum atomic E-state index is -0.476. The fraction of sp³-hybridized carbons (Fsp3) is 0.385. The maximum Gasteiger partial charge on any atom is 0.123 e. The number of unbranched alkanes of at least 4 members (excludes halogenated alkanes) is 1. The molecule has 0 aliphatic heterocycles. The van der Waals surface area contributed by atoms with E-state index in [0.717, 1.165) is 35.9 Å². The highest BCUT2D eigenvalue weighted by atomic mass is 19.1. The molecule has 2 aromatic rings. The molecular weight excluding hydrogens is 205 g/mol. The Hall–Kier alpha value is -1.35. The molecule has 3 heteroatoms. The molecule has 0 spiro atoms. The minimum absolute atomic E-state index is 0.249. The van der Waals surface area contributed by atoms with Gasteiger partial charge in [0.15, 0.2) is 0 Å². The van der Waals surface area contributed by atoms with Gasteiger partial charge in [0.1, 0.15) is 5.82 Å². The van der Waals surface area contributed by atoms with Crippen molar-refractivity contribution >= 4 is 10.9 Å². The molecule has 0 bridgehead atoms. The van der Waals surface area contributed by atoms with E-state index in [1.165, 1.54) is 12.1 Å². The summed E-state index contributed by atoms with van der Waals surface area (Å²) in [6, 6.07) is 6.41. The van der Waals surface area contributed by atoms with Crippen LogP contribution in [0.1, 0.15) is 38.0 Å². The van der Waals surface area contributed by atoms with Crippen LogP contribution in [0, 0.1) is 5.82 Å². The van der Waals surface area contributed by atoms with Crippen LogP contribution in [0.4, 0.5) is 4.39 Å². The van der Waals surface area contributed by atoms with Crippen molar-refractivity contribution in [1.29, 1.82) is 0 Å². The molecule has 2 nitrogen and oxygen atoms in total. The first-order valence-corrected chi connectivity index (χ1v) is 5.67. The second-order valence-electron chi connectivity index (χ2n) is 4.11. The Morgan fingerprint density at radius 2 is 2.19 bits per heavy atom. The van der Waals surface area contributed by atoms with Crippen LogP contribution in [-0.2, 0) is 0 Å². The molecular formula is C13H16FNO. The molecule has 1 atom stereocenters. The van der Waals surface area contributed by atoms with Crippen LogP contribution in [-0.4, -0.2) is 10.1 Å². The number of nitrogens with one attached hydrogen (secondary N) is 1. The maximum absolute atomic E-state index is 13.0. The monoisotopic (exact) mass is 221 g/mol. The lowest BCUT2D eigenvalue weighted by atomic mass is 10.1. The van der Waals surface area contributed by atoms with Gasteiger partial charge in [0, 0.05) is 16.6 Å². The van der Waals surface area contributed by atoms with Crippen molar-refractivity contribution in [2.45, 2.75) is 32.3 Å². The molecule has 16 heavy (non-hydrogen) atoms. The quantitative estimate of drug-likeness (QED) is 0.814. The van der Waals surface area contributed by atoms with Gasteiger partial charge in [0.25, 0.3) is 0 Å². The van der Waals surface area contributed by atoms with Gasteiger partial charge < -0.3 is 10.1 Å². The zero-order chi connectivity index (χ0) is 11.5. The van der Waals surface area contributed by atoms with Gasteiger partial charge in [-0.2, -0.15) is 0 Å². The fourth-order valence-electron chi connectivity index (χ4n) is 1.86. The maximum atomic E-state index is 13.0. The van der Waals surface area contributed by atoms with E-state index in [0.29, 0.717) is 0 Å². The molecule has 1 aromatic carbocycles. The normalized spacial score (nSPS) is 13.2. The molecule has 0 saturated carbocycles. The van der Waals surface area contributed by atoms with Gasteiger partial charge >= 0.3 is 0 Å². The summed E-state index contributed by atoms with van der Waals surface area (Å²) in [6.07, 6.45) is 2.32. The third-order valence-corrected chi connectivity index (χ3v) is 2.79. The van der Waals surface area contributed by atoms with Gasteiger partial charge in [-0.3, -0.25) is 0 Å². The Labute approximate surface area is 94.1 Å². The van der Waals surface area contributed by atoms with Crippen molar-refractivity contribution in [1.82, 2.24) is 4.98 Å². The molecule has 0 radical (unpaired) electrons. The van der Waals surface area contributed by atoms with Gasteiger partial charge in [-0.05, 0) is 30.7 Å². The van der Waals surface area contributed by atoms with Crippen LogP contribution in [0.3, 0.4) is 0 Å². The Balaban J connectivity index is 2.25. The second kappa shape index (κ2) is 4.66. The summed E-state index contributed by atoms with van der Waals surface area (Å²) in [5.74, 6) is -0.249. The number of fused-ring (bicyclic) bond motifs is 1. The van der Waals surface area contributed by atoms with Crippen LogP contribution < -0.4 is 0 Å². The first-order valence-electron chi connectivity index (χ1n) is 5.67. The molecule has 1 aromatic heterocycles. The SMILES string of the molecule is CCCCC(O)c1cc2cc(F)ccc2[nH]1. The lowest BCUT2D eigenvalue weighted by Gasteiger charge is -2.06. The second-order valence-corrected chi connectivity index (χ2v) is 4.11. The third kappa shape index (κ3) is 2.25. The van der Waals surface area contributed by atoms with Crippen LogP contribution in [0.5, 0.6) is 0 Å². The van der Waals surface area contributed by atoms with E-state index in [9.17, 15) is 9.50 Å². The summed E-state index contributed by atoms with van der Waals surface area (Å²) in [5.41, 5.74) is 1.64. The number of hydrogen-bond donors (Lipinski definition) is 2. The standard InChI is InChI=1S/C13H16FNO/c1-2-3-4-13(16)12-8-9-7-10(14)5-6-11(9)15-12/h5-8,13,15-16H,2-4H2,1H3. The predicted octanol–water partition coefficient (Wildman–Crippen LogP) is 3.53. The Morgan fingerprint density at radius 3 is 2.94 bits per heavy atom. The summed E-state index contributed by atoms with van der Waals surface area (Å²) in [6.45, 7) is 2.09. The molecule has 0 aliphatic carbocycles. The summed E-state index contributed by atoms with van der Waals surface area (Å²) >= 11 is 0. The zero-order valence-electron chi connectivity index (χ0n) is 9.33. The van der Waals surface area contributed by atoms with Crippen molar-refractivity contribution in [2.24, 2.45) is 0 Å². The number of aromatic nitrogens is 1. The first kappa shape index (κ1) is 11.1. The third-order valence-electron chi connectivity index (χ3n) is 2.79. The molecule has 0 aliphatic rings. The number of aromatic amines is 1. The minimum Gasteiger partial charge on any atom is -0.387 e. The molecule has 1 heterocycles.